The molecule has 3 heterocycles. The molecular formula is C25H36N4O3. The number of fused-ring (bicyclic) bond motifs is 3. The zero-order valence-electron chi connectivity index (χ0n) is 19.4. The number of hydrogen-bond acceptors (Lipinski definition) is 4. The fraction of sp³-hybridized carbons (Fsp3) is 0.640. The van der Waals surface area contributed by atoms with E-state index in [0.717, 1.165) is 25.3 Å². The minimum atomic E-state index is -0.700. The lowest BCUT2D eigenvalue weighted by molar-refractivity contribution is -0.121. The predicted octanol–water partition coefficient (Wildman–Crippen LogP) is 3.00. The van der Waals surface area contributed by atoms with Crippen LogP contribution in [0.5, 0.6) is 0 Å². The number of nitrogens with one attached hydrogen (secondary N) is 1. The Labute approximate surface area is 191 Å². The van der Waals surface area contributed by atoms with Crippen LogP contribution in [0.4, 0.5) is 5.69 Å². The Kier molecular flexibility index (Phi) is 6.84. The van der Waals surface area contributed by atoms with Crippen LogP contribution in [0.15, 0.2) is 24.3 Å². The van der Waals surface area contributed by atoms with Crippen molar-refractivity contribution in [1.82, 2.24) is 15.1 Å². The normalized spacial score (nSPS) is 25.6. The predicted molar refractivity (Wildman–Crippen MR) is 124 cm³/mol. The second-order valence-electron chi connectivity index (χ2n) is 9.78. The third-order valence-electron chi connectivity index (χ3n) is 7.27. The summed E-state index contributed by atoms with van der Waals surface area (Å²) in [4.78, 5) is 44.3. The maximum absolute atomic E-state index is 13.2. The summed E-state index contributed by atoms with van der Waals surface area (Å²) in [5.41, 5.74) is 0.521. The van der Waals surface area contributed by atoms with E-state index in [4.69, 9.17) is 0 Å². The molecule has 0 saturated carbocycles. The number of nitrogens with zero attached hydrogens (tertiary/aromatic N) is 3. The van der Waals surface area contributed by atoms with Crippen molar-refractivity contribution in [1.29, 1.82) is 0 Å². The van der Waals surface area contributed by atoms with E-state index in [1.54, 1.807) is 15.9 Å². The number of para-hydroxylation sites is 1. The molecule has 32 heavy (non-hydrogen) atoms. The number of benzene rings is 1. The number of likely N-dealkylation sites (tertiary alicyclic amines) is 1. The molecule has 1 aromatic rings. The van der Waals surface area contributed by atoms with Crippen LogP contribution in [0.2, 0.25) is 0 Å². The van der Waals surface area contributed by atoms with Crippen molar-refractivity contribution in [2.75, 3.05) is 37.6 Å². The standard InChI is InChI=1S/C25H36N4O3/c1-19-8-7-16-27(18-19)15-6-5-14-26-22(30)12-17-28-24(32)20-9-3-4-10-21(20)29-23(31)11-13-25(28,29)2/h3-4,9-10,19H,5-8,11-18H2,1-2H3,(H,26,30). The topological polar surface area (TPSA) is 73.0 Å². The number of piperidine rings is 1. The first-order chi connectivity index (χ1) is 15.4. The van der Waals surface area contributed by atoms with E-state index in [2.05, 4.69) is 17.1 Å². The fourth-order valence-electron chi connectivity index (χ4n) is 5.52. The molecule has 3 aliphatic heterocycles. The molecule has 0 radical (unpaired) electrons. The van der Waals surface area contributed by atoms with Gasteiger partial charge in [-0.05, 0) is 70.2 Å². The van der Waals surface area contributed by atoms with Crippen LogP contribution in [0.25, 0.3) is 0 Å². The zero-order valence-corrected chi connectivity index (χ0v) is 19.4. The molecule has 174 valence electrons. The number of anilines is 1. The third kappa shape index (κ3) is 4.53. The number of unbranched alkanes of at least 4 members (excludes halogenated alkanes) is 1. The van der Waals surface area contributed by atoms with Crippen molar-refractivity contribution in [3.8, 4) is 0 Å². The maximum atomic E-state index is 13.2. The summed E-state index contributed by atoms with van der Waals surface area (Å²) in [5.74, 6) is 0.686. The molecule has 7 heteroatoms. The first-order valence-electron chi connectivity index (χ1n) is 12.1. The van der Waals surface area contributed by atoms with Gasteiger partial charge in [-0.3, -0.25) is 19.3 Å². The molecule has 2 saturated heterocycles. The molecular weight excluding hydrogens is 404 g/mol. The summed E-state index contributed by atoms with van der Waals surface area (Å²) >= 11 is 0. The molecule has 2 unspecified atom stereocenters. The molecule has 0 aliphatic carbocycles. The van der Waals surface area contributed by atoms with Crippen molar-refractivity contribution in [2.24, 2.45) is 5.92 Å². The van der Waals surface area contributed by atoms with Crippen LogP contribution in [-0.4, -0.2) is 65.9 Å². The van der Waals surface area contributed by atoms with E-state index in [1.165, 1.54) is 25.9 Å². The van der Waals surface area contributed by atoms with Gasteiger partial charge in [0.1, 0.15) is 5.66 Å². The molecule has 0 bridgehead atoms. The van der Waals surface area contributed by atoms with Gasteiger partial charge in [0.2, 0.25) is 11.8 Å². The Bertz CT molecular complexity index is 872. The number of amides is 3. The SMILES string of the molecule is CC1CCCN(CCCCNC(=O)CCN2C(=O)c3ccccc3N3C(=O)CCC23C)C1. The zero-order chi connectivity index (χ0) is 22.7. The lowest BCUT2D eigenvalue weighted by Crippen LogP contribution is -2.62. The molecule has 0 aromatic heterocycles. The highest BCUT2D eigenvalue weighted by Crippen LogP contribution is 2.43. The number of carbonyl (C=O) groups excluding carboxylic acids is 3. The minimum Gasteiger partial charge on any atom is -0.356 e. The second-order valence-corrected chi connectivity index (χ2v) is 9.78. The van der Waals surface area contributed by atoms with Crippen LogP contribution in [0.3, 0.4) is 0 Å². The molecule has 1 aromatic carbocycles. The van der Waals surface area contributed by atoms with Crippen LogP contribution in [0.1, 0.15) is 69.2 Å². The van der Waals surface area contributed by atoms with Gasteiger partial charge in [-0.1, -0.05) is 19.1 Å². The summed E-state index contributed by atoms with van der Waals surface area (Å²) in [7, 11) is 0. The van der Waals surface area contributed by atoms with Crippen LogP contribution in [0, 0.1) is 5.92 Å². The fourth-order valence-corrected chi connectivity index (χ4v) is 5.52. The molecule has 4 rings (SSSR count). The van der Waals surface area contributed by atoms with Crippen LogP contribution >= 0.6 is 0 Å². The molecule has 2 atom stereocenters. The number of carbonyl (C=O) groups is 3. The van der Waals surface area contributed by atoms with E-state index in [9.17, 15) is 14.4 Å². The quantitative estimate of drug-likeness (QED) is 0.631. The molecule has 3 amide bonds. The smallest absolute Gasteiger partial charge is 0.257 e. The first-order valence-corrected chi connectivity index (χ1v) is 12.1. The average Bonchev–Trinajstić information content (AvgIpc) is 3.08. The van der Waals surface area contributed by atoms with E-state index in [1.807, 2.05) is 25.1 Å². The van der Waals surface area contributed by atoms with Crippen molar-refractivity contribution in [3.63, 3.8) is 0 Å². The van der Waals surface area contributed by atoms with Crippen molar-refractivity contribution >= 4 is 23.4 Å². The van der Waals surface area contributed by atoms with Gasteiger partial charge in [0, 0.05) is 32.5 Å². The van der Waals surface area contributed by atoms with Gasteiger partial charge < -0.3 is 15.1 Å². The summed E-state index contributed by atoms with van der Waals surface area (Å²) < 4.78 is 0. The molecule has 2 fully saturated rings. The summed E-state index contributed by atoms with van der Waals surface area (Å²) in [5, 5.41) is 3.01. The van der Waals surface area contributed by atoms with Crippen molar-refractivity contribution in [3.05, 3.63) is 29.8 Å². The summed E-state index contributed by atoms with van der Waals surface area (Å²) in [6, 6.07) is 7.27. The van der Waals surface area contributed by atoms with Gasteiger partial charge in [0.15, 0.2) is 0 Å². The Balaban J connectivity index is 1.26. The maximum Gasteiger partial charge on any atom is 0.257 e. The van der Waals surface area contributed by atoms with Gasteiger partial charge in [0.05, 0.1) is 11.3 Å². The van der Waals surface area contributed by atoms with E-state index < -0.39 is 5.66 Å². The highest BCUT2D eigenvalue weighted by Gasteiger charge is 2.52. The van der Waals surface area contributed by atoms with Gasteiger partial charge in [-0.15, -0.1) is 0 Å². The lowest BCUT2D eigenvalue weighted by atomic mass is 9.98. The molecule has 0 spiro atoms. The monoisotopic (exact) mass is 440 g/mol. The number of hydrogen-bond donors (Lipinski definition) is 1. The van der Waals surface area contributed by atoms with Crippen molar-refractivity contribution < 1.29 is 14.4 Å². The lowest BCUT2D eigenvalue weighted by Gasteiger charge is -2.48. The highest BCUT2D eigenvalue weighted by atomic mass is 16.2. The van der Waals surface area contributed by atoms with Gasteiger partial charge >= 0.3 is 0 Å². The minimum absolute atomic E-state index is 0.0324. The van der Waals surface area contributed by atoms with E-state index >= 15 is 0 Å². The second kappa shape index (κ2) is 9.61. The first kappa shape index (κ1) is 22.8. The number of rotatable bonds is 8. The van der Waals surface area contributed by atoms with Crippen molar-refractivity contribution in [2.45, 2.75) is 64.5 Å². The van der Waals surface area contributed by atoms with Crippen LogP contribution < -0.4 is 10.2 Å². The Morgan fingerprint density at radius 3 is 2.81 bits per heavy atom. The summed E-state index contributed by atoms with van der Waals surface area (Å²) in [6.45, 7) is 8.72. The van der Waals surface area contributed by atoms with Gasteiger partial charge in [-0.2, -0.15) is 0 Å². The highest BCUT2D eigenvalue weighted by molar-refractivity contribution is 6.10. The van der Waals surface area contributed by atoms with Gasteiger partial charge in [0.25, 0.3) is 5.91 Å². The van der Waals surface area contributed by atoms with Crippen LogP contribution in [-0.2, 0) is 9.59 Å². The van der Waals surface area contributed by atoms with Gasteiger partial charge in [-0.25, -0.2) is 0 Å². The van der Waals surface area contributed by atoms with E-state index in [0.29, 0.717) is 37.2 Å². The Morgan fingerprint density at radius 1 is 1.19 bits per heavy atom. The summed E-state index contributed by atoms with van der Waals surface area (Å²) in [6.07, 6.45) is 5.92. The Morgan fingerprint density at radius 2 is 2.00 bits per heavy atom. The molecule has 7 nitrogen and oxygen atoms in total. The third-order valence-corrected chi connectivity index (χ3v) is 7.27. The molecule has 1 N–H and O–H groups in total. The Hall–Kier alpha value is -2.41. The average molecular weight is 441 g/mol. The molecule has 3 aliphatic rings. The largest absolute Gasteiger partial charge is 0.356 e. The van der Waals surface area contributed by atoms with E-state index in [-0.39, 0.29) is 24.1 Å².